The van der Waals surface area contributed by atoms with Crippen LogP contribution in [0.25, 0.3) is 0 Å². The van der Waals surface area contributed by atoms with Crippen LogP contribution in [0.3, 0.4) is 0 Å². The van der Waals surface area contributed by atoms with Crippen LogP contribution in [0.4, 0.5) is 0 Å². The third-order valence-electron chi connectivity index (χ3n) is 7.37. The van der Waals surface area contributed by atoms with Gasteiger partial charge in [0.2, 0.25) is 0 Å². The molecule has 42 heavy (non-hydrogen) atoms. The molecule has 5 aromatic rings. The van der Waals surface area contributed by atoms with Crippen molar-refractivity contribution < 1.29 is 9.47 Å². The molecule has 0 N–H and O–H groups in total. The Kier molecular flexibility index (Phi) is 11.5. The summed E-state index contributed by atoms with van der Waals surface area (Å²) in [5.74, 6) is 0. The van der Waals surface area contributed by atoms with E-state index in [0.717, 1.165) is 0 Å². The van der Waals surface area contributed by atoms with Crippen LogP contribution in [0.15, 0.2) is 146 Å². The number of ether oxygens (including phenoxy) is 2. The zero-order valence-corrected chi connectivity index (χ0v) is 26.3. The van der Waals surface area contributed by atoms with Gasteiger partial charge in [-0.25, -0.2) is 0 Å². The molecule has 2 nitrogen and oxygen atoms in total. The van der Waals surface area contributed by atoms with Crippen molar-refractivity contribution in [3.8, 4) is 0 Å². The van der Waals surface area contributed by atoms with Gasteiger partial charge in [-0.2, -0.15) is 0 Å². The lowest BCUT2D eigenvalue weighted by atomic mass is 10.1. The highest BCUT2D eigenvalue weighted by molar-refractivity contribution is 7.74. The van der Waals surface area contributed by atoms with Gasteiger partial charge in [-0.15, -0.1) is 0 Å². The summed E-state index contributed by atoms with van der Waals surface area (Å²) in [6.07, 6.45) is 0. The van der Waals surface area contributed by atoms with Gasteiger partial charge in [-0.1, -0.05) is 159 Å². The summed E-state index contributed by atoms with van der Waals surface area (Å²) < 4.78 is 12.8. The second kappa shape index (κ2) is 15.9. The van der Waals surface area contributed by atoms with E-state index >= 15 is 0 Å². The molecule has 0 aliphatic rings. The van der Waals surface area contributed by atoms with Crippen molar-refractivity contribution in [1.29, 1.82) is 0 Å². The molecule has 0 fully saturated rings. The minimum absolute atomic E-state index is 0.393. The SMILES string of the molecule is C[C@H](COCc1ccccc1COC[C@@H](C)P(c1ccccc1)c1ccccc1)P(c1ccccc1)c1ccccc1. The van der Waals surface area contributed by atoms with E-state index < -0.39 is 15.8 Å². The highest BCUT2D eigenvalue weighted by Gasteiger charge is 2.22. The van der Waals surface area contributed by atoms with Crippen molar-refractivity contribution >= 4 is 37.1 Å². The Bertz CT molecular complexity index is 1270. The molecular weight excluding hydrogens is 550 g/mol. The summed E-state index contributed by atoms with van der Waals surface area (Å²) in [7, 11) is -1.02. The van der Waals surface area contributed by atoms with Gasteiger partial charge in [-0.05, 0) is 48.2 Å². The van der Waals surface area contributed by atoms with Crippen LogP contribution >= 0.6 is 15.8 Å². The summed E-state index contributed by atoms with van der Waals surface area (Å²) >= 11 is 0. The fourth-order valence-electron chi connectivity index (χ4n) is 5.34. The number of hydrogen-bond acceptors (Lipinski definition) is 2. The Balaban J connectivity index is 1.19. The lowest BCUT2D eigenvalue weighted by Gasteiger charge is -2.26. The molecule has 0 unspecified atom stereocenters. The van der Waals surface area contributed by atoms with Gasteiger partial charge in [0.05, 0.1) is 26.4 Å². The highest BCUT2D eigenvalue weighted by Crippen LogP contribution is 2.40. The van der Waals surface area contributed by atoms with Crippen LogP contribution in [-0.2, 0) is 22.7 Å². The van der Waals surface area contributed by atoms with Gasteiger partial charge in [0.1, 0.15) is 0 Å². The monoisotopic (exact) mass is 590 g/mol. The Morgan fingerprint density at radius 1 is 0.405 bits per heavy atom. The molecule has 0 aliphatic heterocycles. The van der Waals surface area contributed by atoms with Crippen LogP contribution < -0.4 is 21.2 Å². The molecular formula is C38H40O2P2. The topological polar surface area (TPSA) is 18.5 Å². The molecule has 0 bridgehead atoms. The third kappa shape index (κ3) is 8.25. The maximum absolute atomic E-state index is 6.39. The van der Waals surface area contributed by atoms with Crippen LogP contribution in [0.5, 0.6) is 0 Å². The molecule has 0 amide bonds. The van der Waals surface area contributed by atoms with Crippen molar-refractivity contribution in [1.82, 2.24) is 0 Å². The zero-order chi connectivity index (χ0) is 29.0. The fourth-order valence-corrected chi connectivity index (χ4v) is 10.5. The van der Waals surface area contributed by atoms with E-state index in [2.05, 4.69) is 159 Å². The minimum atomic E-state index is -0.510. The quantitative estimate of drug-likeness (QED) is 0.123. The van der Waals surface area contributed by atoms with Crippen molar-refractivity contribution in [2.75, 3.05) is 13.2 Å². The molecule has 0 saturated carbocycles. The Morgan fingerprint density at radius 3 is 0.952 bits per heavy atom. The molecule has 0 saturated heterocycles. The van der Waals surface area contributed by atoms with Crippen molar-refractivity contribution in [2.45, 2.75) is 38.4 Å². The van der Waals surface area contributed by atoms with E-state index in [9.17, 15) is 0 Å². The van der Waals surface area contributed by atoms with E-state index in [4.69, 9.17) is 9.47 Å². The predicted molar refractivity (Wildman–Crippen MR) is 183 cm³/mol. The van der Waals surface area contributed by atoms with Gasteiger partial charge in [0, 0.05) is 11.3 Å². The van der Waals surface area contributed by atoms with E-state index in [1.54, 1.807) is 0 Å². The minimum Gasteiger partial charge on any atom is -0.376 e. The summed E-state index contributed by atoms with van der Waals surface area (Å²) in [6.45, 7) is 7.24. The standard InChI is InChI=1S/C38H40O2P2/c1-31(41(35-19-7-3-8-20-35)36-21-9-4-10-22-36)27-39-29-33-17-15-16-18-34(33)30-40-28-32(2)42(37-23-11-5-12-24-37)38-25-13-6-14-26-38/h3-26,31-32H,27-30H2,1-2H3/t31-,32-/m1/s1. The van der Waals surface area contributed by atoms with Gasteiger partial charge < -0.3 is 9.47 Å². The average molecular weight is 591 g/mol. The van der Waals surface area contributed by atoms with Gasteiger partial charge in [-0.3, -0.25) is 0 Å². The second-order valence-electron chi connectivity index (χ2n) is 10.6. The Morgan fingerprint density at radius 2 is 0.667 bits per heavy atom. The first kappa shape index (κ1) is 30.3. The molecule has 0 spiro atoms. The highest BCUT2D eigenvalue weighted by atomic mass is 31.1. The van der Waals surface area contributed by atoms with Crippen molar-refractivity contribution in [2.24, 2.45) is 0 Å². The lowest BCUT2D eigenvalue weighted by molar-refractivity contribution is 0.110. The van der Waals surface area contributed by atoms with Crippen LogP contribution in [-0.4, -0.2) is 24.5 Å². The Hall–Kier alpha value is -3.12. The van der Waals surface area contributed by atoms with Crippen LogP contribution in [0.2, 0.25) is 0 Å². The lowest BCUT2D eigenvalue weighted by Crippen LogP contribution is -2.23. The first-order chi connectivity index (χ1) is 20.7. The number of rotatable bonds is 14. The van der Waals surface area contributed by atoms with E-state index in [1.165, 1.54) is 32.3 Å². The number of hydrogen-bond donors (Lipinski definition) is 0. The molecule has 2 atom stereocenters. The molecule has 0 aromatic heterocycles. The van der Waals surface area contributed by atoms with Gasteiger partial charge in [0.25, 0.3) is 0 Å². The smallest absolute Gasteiger partial charge is 0.0720 e. The fraction of sp³-hybridized carbons (Fsp3) is 0.211. The molecule has 0 heterocycles. The second-order valence-corrected chi connectivity index (χ2v) is 15.9. The molecule has 0 radical (unpaired) electrons. The van der Waals surface area contributed by atoms with Crippen molar-refractivity contribution in [3.63, 3.8) is 0 Å². The third-order valence-corrected chi connectivity index (χ3v) is 12.8. The van der Waals surface area contributed by atoms with Crippen LogP contribution in [0, 0.1) is 0 Å². The summed E-state index contributed by atoms with van der Waals surface area (Å²) in [4.78, 5) is 0. The molecule has 5 rings (SSSR count). The predicted octanol–water partition coefficient (Wildman–Crippen LogP) is 7.76. The van der Waals surface area contributed by atoms with Crippen LogP contribution in [0.1, 0.15) is 25.0 Å². The Labute approximate surface area is 254 Å². The zero-order valence-electron chi connectivity index (χ0n) is 24.6. The maximum atomic E-state index is 6.39. The van der Waals surface area contributed by atoms with E-state index in [-0.39, 0.29) is 0 Å². The van der Waals surface area contributed by atoms with E-state index in [0.29, 0.717) is 37.7 Å². The average Bonchev–Trinajstić information content (AvgIpc) is 3.04. The van der Waals surface area contributed by atoms with E-state index in [1.807, 2.05) is 0 Å². The molecule has 5 aromatic carbocycles. The van der Waals surface area contributed by atoms with Gasteiger partial charge >= 0.3 is 0 Å². The molecule has 214 valence electrons. The summed E-state index contributed by atoms with van der Waals surface area (Å²) in [5.41, 5.74) is 3.19. The van der Waals surface area contributed by atoms with Crippen molar-refractivity contribution in [3.05, 3.63) is 157 Å². The first-order valence-corrected chi connectivity index (χ1v) is 17.5. The molecule has 4 heteroatoms. The number of benzene rings is 5. The largest absolute Gasteiger partial charge is 0.376 e. The summed E-state index contributed by atoms with van der Waals surface area (Å²) in [6, 6.07) is 52.1. The van der Waals surface area contributed by atoms with Gasteiger partial charge in [0.15, 0.2) is 0 Å². The maximum Gasteiger partial charge on any atom is 0.0720 e. The molecule has 0 aliphatic carbocycles. The normalized spacial score (nSPS) is 12.9. The summed E-state index contributed by atoms with van der Waals surface area (Å²) in [5, 5.41) is 5.57. The first-order valence-electron chi connectivity index (χ1n) is 14.7.